The normalized spacial score (nSPS) is 12.1. The van der Waals surface area contributed by atoms with E-state index in [0.717, 1.165) is 37.3 Å². The fourth-order valence-corrected chi connectivity index (χ4v) is 5.07. The highest BCUT2D eigenvalue weighted by molar-refractivity contribution is 7.07. The van der Waals surface area contributed by atoms with Gasteiger partial charge >= 0.3 is 0 Å². The number of hydrogen-bond acceptors (Lipinski definition) is 5. The van der Waals surface area contributed by atoms with Gasteiger partial charge in [-0.05, 0) is 48.0 Å². The number of non-ortho nitro benzene ring substituents is 1. The smallest absolute Gasteiger partial charge is 0.269 e. The van der Waals surface area contributed by atoms with Crippen molar-refractivity contribution in [1.82, 2.24) is 9.13 Å². The van der Waals surface area contributed by atoms with E-state index in [1.54, 1.807) is 12.1 Å². The number of aliphatic hydroxyl groups excluding tert-OH is 1. The van der Waals surface area contributed by atoms with Gasteiger partial charge in [-0.2, -0.15) is 0 Å². The van der Waals surface area contributed by atoms with Crippen molar-refractivity contribution in [1.29, 1.82) is 0 Å². The minimum atomic E-state index is -0.405. The molecule has 0 aliphatic rings. The molecule has 3 aromatic carbocycles. The van der Waals surface area contributed by atoms with Gasteiger partial charge in [0.25, 0.3) is 5.69 Å². The van der Waals surface area contributed by atoms with Crippen molar-refractivity contribution in [3.63, 3.8) is 0 Å². The van der Waals surface area contributed by atoms with Crippen LogP contribution in [0, 0.1) is 10.1 Å². The number of thiazole rings is 1. The van der Waals surface area contributed by atoms with Gasteiger partial charge in [0, 0.05) is 35.3 Å². The van der Waals surface area contributed by atoms with Crippen LogP contribution in [0.5, 0.6) is 0 Å². The molecule has 0 aliphatic heterocycles. The number of hydrogen-bond donors (Lipinski definition) is 1. The number of nitrogens with zero attached hydrogens (tertiary/aromatic N) is 4. The van der Waals surface area contributed by atoms with E-state index >= 15 is 0 Å². The largest absolute Gasteiger partial charge is 0.508 e. The first-order valence-corrected chi connectivity index (χ1v) is 12.6. The Hall–Kier alpha value is -4.95. The van der Waals surface area contributed by atoms with Gasteiger partial charge in [0.2, 0.25) is 0 Å². The van der Waals surface area contributed by atoms with Crippen molar-refractivity contribution in [2.24, 2.45) is 4.99 Å². The number of para-hydroxylation sites is 1. The molecule has 0 saturated heterocycles. The Kier molecular flexibility index (Phi) is 6.88. The molecular weight excluding hydrogens is 496 g/mol. The van der Waals surface area contributed by atoms with Crippen LogP contribution in [0.2, 0.25) is 0 Å². The lowest BCUT2D eigenvalue weighted by Gasteiger charge is -2.06. The lowest BCUT2D eigenvalue weighted by molar-refractivity contribution is -0.384. The zero-order valence-corrected chi connectivity index (χ0v) is 21.2. The Morgan fingerprint density at radius 2 is 1.71 bits per heavy atom. The number of rotatable bonds is 7. The fourth-order valence-electron chi connectivity index (χ4n) is 4.03. The molecule has 2 aromatic heterocycles. The monoisotopic (exact) mass is 520 g/mol. The predicted molar refractivity (Wildman–Crippen MR) is 152 cm³/mol. The maximum Gasteiger partial charge on any atom is 0.269 e. The van der Waals surface area contributed by atoms with Gasteiger partial charge in [0.1, 0.15) is 5.76 Å². The molecule has 0 spiro atoms. The fraction of sp³-hybridized carbons (Fsp3) is 0.0333. The summed E-state index contributed by atoms with van der Waals surface area (Å²) >= 11 is 1.54. The van der Waals surface area contributed by atoms with Crippen LogP contribution in [0.1, 0.15) is 16.8 Å². The lowest BCUT2D eigenvalue weighted by atomic mass is 10.1. The first-order valence-electron chi connectivity index (χ1n) is 11.8. The van der Waals surface area contributed by atoms with Crippen LogP contribution in [-0.2, 0) is 6.54 Å². The third kappa shape index (κ3) is 5.25. The molecular formula is C30H24N4O3S. The summed E-state index contributed by atoms with van der Waals surface area (Å²) in [4.78, 5) is 16.3. The molecule has 0 bridgehead atoms. The maximum absolute atomic E-state index is 11.0. The molecule has 5 aromatic rings. The second-order valence-corrected chi connectivity index (χ2v) is 9.60. The zero-order valence-electron chi connectivity index (χ0n) is 20.4. The molecule has 8 heteroatoms. The van der Waals surface area contributed by atoms with Crippen LogP contribution in [0.4, 0.5) is 11.4 Å². The van der Waals surface area contributed by atoms with Crippen LogP contribution < -0.4 is 14.7 Å². The average molecular weight is 521 g/mol. The van der Waals surface area contributed by atoms with Crippen LogP contribution in [-0.4, -0.2) is 19.2 Å². The SMILES string of the molecule is C=C(O)c1ccc(Cn2c(=Nc3ccccc3)s/c(=C\c3cccn3-c3ccc([N+](=O)[O-])cc3)c2=C)cc1. The van der Waals surface area contributed by atoms with Crippen LogP contribution in [0.25, 0.3) is 24.1 Å². The minimum Gasteiger partial charge on any atom is -0.508 e. The third-order valence-electron chi connectivity index (χ3n) is 6.05. The van der Waals surface area contributed by atoms with E-state index in [9.17, 15) is 15.2 Å². The zero-order chi connectivity index (χ0) is 26.6. The summed E-state index contributed by atoms with van der Waals surface area (Å²) < 4.78 is 4.99. The van der Waals surface area contributed by atoms with Crippen molar-refractivity contribution in [3.8, 4) is 5.69 Å². The molecule has 38 heavy (non-hydrogen) atoms. The molecule has 188 valence electrons. The quantitative estimate of drug-likeness (QED) is 0.180. The van der Waals surface area contributed by atoms with Crippen molar-refractivity contribution in [3.05, 3.63) is 145 Å². The van der Waals surface area contributed by atoms with Crippen molar-refractivity contribution < 1.29 is 10.0 Å². The molecule has 0 aliphatic carbocycles. The molecule has 0 saturated carbocycles. The molecule has 2 heterocycles. The highest BCUT2D eigenvalue weighted by Gasteiger charge is 2.09. The Bertz CT molecular complexity index is 1800. The van der Waals surface area contributed by atoms with Crippen molar-refractivity contribution in [2.45, 2.75) is 6.54 Å². The summed E-state index contributed by atoms with van der Waals surface area (Å²) in [6, 6.07) is 27.7. The van der Waals surface area contributed by atoms with E-state index in [2.05, 4.69) is 17.7 Å². The molecule has 0 atom stereocenters. The number of aromatic nitrogens is 2. The molecule has 7 nitrogen and oxygen atoms in total. The van der Waals surface area contributed by atoms with E-state index in [1.165, 1.54) is 23.5 Å². The first-order chi connectivity index (χ1) is 18.4. The van der Waals surface area contributed by atoms with E-state index < -0.39 is 4.92 Å². The Balaban J connectivity index is 1.60. The van der Waals surface area contributed by atoms with E-state index in [-0.39, 0.29) is 11.4 Å². The number of nitro benzene ring substituents is 1. The lowest BCUT2D eigenvalue weighted by Crippen LogP contribution is -2.31. The summed E-state index contributed by atoms with van der Waals surface area (Å²) in [7, 11) is 0. The average Bonchev–Trinajstić information content (AvgIpc) is 3.50. The molecule has 0 unspecified atom stereocenters. The van der Waals surface area contributed by atoms with E-state index in [0.29, 0.717) is 12.1 Å². The number of nitro groups is 1. The maximum atomic E-state index is 11.0. The summed E-state index contributed by atoms with van der Waals surface area (Å²) in [5.41, 5.74) is 4.34. The summed E-state index contributed by atoms with van der Waals surface area (Å²) in [5.74, 6) is 0.0326. The van der Waals surface area contributed by atoms with Crippen LogP contribution >= 0.6 is 11.3 Å². The van der Waals surface area contributed by atoms with E-state index in [4.69, 9.17) is 4.99 Å². The third-order valence-corrected chi connectivity index (χ3v) is 7.12. The second-order valence-electron chi connectivity index (χ2n) is 8.59. The molecule has 0 radical (unpaired) electrons. The Morgan fingerprint density at radius 1 is 1.00 bits per heavy atom. The minimum absolute atomic E-state index is 0.0326. The number of aliphatic hydroxyl groups is 1. The predicted octanol–water partition coefficient (Wildman–Crippen LogP) is 5.30. The number of benzene rings is 3. The van der Waals surface area contributed by atoms with Crippen molar-refractivity contribution in [2.75, 3.05) is 0 Å². The van der Waals surface area contributed by atoms with Gasteiger partial charge in [0.05, 0.1) is 27.0 Å². The topological polar surface area (TPSA) is 85.6 Å². The molecule has 5 rings (SSSR count). The second kappa shape index (κ2) is 10.6. The summed E-state index contributed by atoms with van der Waals surface area (Å²) in [6.45, 7) is 8.52. The van der Waals surface area contributed by atoms with Gasteiger partial charge in [-0.25, -0.2) is 4.99 Å². The van der Waals surface area contributed by atoms with Gasteiger partial charge in [0.15, 0.2) is 4.80 Å². The summed E-state index contributed by atoms with van der Waals surface area (Å²) in [6.07, 6.45) is 3.97. The van der Waals surface area contributed by atoms with Crippen molar-refractivity contribution >= 4 is 41.1 Å². The molecule has 0 fully saturated rings. The van der Waals surface area contributed by atoms with Crippen LogP contribution in [0.15, 0.2) is 109 Å². The highest BCUT2D eigenvalue weighted by atomic mass is 32.1. The van der Waals surface area contributed by atoms with Gasteiger partial charge in [-0.15, -0.1) is 0 Å². The first kappa shape index (κ1) is 24.7. The Labute approximate surface area is 222 Å². The van der Waals surface area contributed by atoms with Crippen LogP contribution in [0.3, 0.4) is 0 Å². The Morgan fingerprint density at radius 3 is 2.37 bits per heavy atom. The summed E-state index contributed by atoms with van der Waals surface area (Å²) in [5, 5.41) is 21.5. The van der Waals surface area contributed by atoms with Gasteiger partial charge in [-0.1, -0.05) is 67.0 Å². The van der Waals surface area contributed by atoms with E-state index in [1.807, 2.05) is 83.6 Å². The highest BCUT2D eigenvalue weighted by Crippen LogP contribution is 2.18. The molecule has 0 amide bonds. The standard InChI is InChI=1S/C30H24N4O3S/c1-21-29(19-28-9-6-18-32(28)26-14-16-27(17-15-26)34(36)37)38-30(31-25-7-4-3-5-8-25)33(21)20-23-10-12-24(13-11-23)22(2)35/h3-19,35H,1-2,20H2/b29-19-,31-30?. The van der Waals surface area contributed by atoms with Gasteiger partial charge in [-0.3, -0.25) is 10.1 Å². The van der Waals surface area contributed by atoms with Gasteiger partial charge < -0.3 is 14.2 Å². The molecule has 1 N–H and O–H groups in total.